The highest BCUT2D eigenvalue weighted by Crippen LogP contribution is 2.34. The van der Waals surface area contributed by atoms with Crippen LogP contribution < -0.4 is 10.2 Å². The van der Waals surface area contributed by atoms with E-state index in [0.29, 0.717) is 23.7 Å². The molecule has 170 valence electrons. The Labute approximate surface area is 202 Å². The molecule has 1 atom stereocenters. The smallest absolute Gasteiger partial charge is 0.257 e. The second-order valence-corrected chi connectivity index (χ2v) is 9.28. The van der Waals surface area contributed by atoms with E-state index in [1.807, 2.05) is 54.6 Å². The first kappa shape index (κ1) is 22.0. The topological polar surface area (TPSA) is 75.2 Å². The van der Waals surface area contributed by atoms with Gasteiger partial charge in [0.2, 0.25) is 11.0 Å². The van der Waals surface area contributed by atoms with Crippen LogP contribution in [0.4, 0.5) is 10.8 Å². The normalized spacial score (nSPS) is 15.5. The zero-order valence-corrected chi connectivity index (χ0v) is 19.6. The van der Waals surface area contributed by atoms with Gasteiger partial charge < -0.3 is 4.90 Å². The monoisotopic (exact) mass is 468 g/mol. The molecule has 1 fully saturated rings. The molecule has 5 rings (SSSR count). The highest BCUT2D eigenvalue weighted by atomic mass is 32.1. The summed E-state index contributed by atoms with van der Waals surface area (Å²) in [5.74, 6) is -0.192. The van der Waals surface area contributed by atoms with Crippen LogP contribution in [0.5, 0.6) is 0 Å². The Morgan fingerprint density at radius 1 is 0.971 bits per heavy atom. The lowest BCUT2D eigenvalue weighted by Crippen LogP contribution is -2.24. The van der Waals surface area contributed by atoms with Gasteiger partial charge in [-0.2, -0.15) is 0 Å². The van der Waals surface area contributed by atoms with Crippen LogP contribution in [0.2, 0.25) is 0 Å². The minimum absolute atomic E-state index is 0.0355. The highest BCUT2D eigenvalue weighted by molar-refractivity contribution is 7.15. The maximum atomic E-state index is 12.7. The van der Waals surface area contributed by atoms with Gasteiger partial charge in [-0.1, -0.05) is 72.9 Å². The quantitative estimate of drug-likeness (QED) is 0.403. The summed E-state index contributed by atoms with van der Waals surface area (Å²) in [5, 5.41) is 12.4. The molecule has 0 bridgehead atoms. The lowest BCUT2D eigenvalue weighted by molar-refractivity contribution is -0.117. The van der Waals surface area contributed by atoms with E-state index in [1.54, 1.807) is 17.0 Å². The van der Waals surface area contributed by atoms with E-state index in [9.17, 15) is 9.59 Å². The predicted octanol–water partition coefficient (Wildman–Crippen LogP) is 5.54. The summed E-state index contributed by atoms with van der Waals surface area (Å²) >= 11 is 1.33. The van der Waals surface area contributed by atoms with Gasteiger partial charge in [-0.25, -0.2) is 0 Å². The third-order valence-corrected chi connectivity index (χ3v) is 7.05. The molecule has 34 heavy (non-hydrogen) atoms. The zero-order valence-electron chi connectivity index (χ0n) is 18.8. The molecule has 1 saturated heterocycles. The Morgan fingerprint density at radius 3 is 2.38 bits per heavy atom. The molecule has 1 aromatic heterocycles. The summed E-state index contributed by atoms with van der Waals surface area (Å²) in [4.78, 5) is 27.1. The number of carbonyl (C=O) groups is 2. The zero-order chi connectivity index (χ0) is 23.5. The van der Waals surface area contributed by atoms with Crippen molar-refractivity contribution >= 4 is 34.0 Å². The Balaban J connectivity index is 1.23. The third kappa shape index (κ3) is 4.61. The van der Waals surface area contributed by atoms with Crippen LogP contribution in [-0.2, 0) is 11.2 Å². The lowest BCUT2D eigenvalue weighted by atomic mass is 10.0. The van der Waals surface area contributed by atoms with Crippen molar-refractivity contribution in [2.75, 3.05) is 16.8 Å². The first-order chi connectivity index (χ1) is 16.6. The minimum atomic E-state index is -0.234. The summed E-state index contributed by atoms with van der Waals surface area (Å²) in [6.45, 7) is 2.67. The van der Waals surface area contributed by atoms with E-state index >= 15 is 0 Å². The van der Waals surface area contributed by atoms with E-state index in [1.165, 1.54) is 16.9 Å². The van der Waals surface area contributed by atoms with Crippen LogP contribution in [0.3, 0.4) is 0 Å². The molecule has 6 nitrogen and oxygen atoms in total. The van der Waals surface area contributed by atoms with Gasteiger partial charge in [-0.15, -0.1) is 10.2 Å². The molecule has 1 N–H and O–H groups in total. The Kier molecular flexibility index (Phi) is 6.18. The second kappa shape index (κ2) is 9.57. The van der Waals surface area contributed by atoms with Crippen molar-refractivity contribution in [1.29, 1.82) is 0 Å². The maximum absolute atomic E-state index is 12.7. The van der Waals surface area contributed by atoms with Gasteiger partial charge in [0.15, 0.2) is 0 Å². The van der Waals surface area contributed by atoms with Crippen LogP contribution in [0.15, 0.2) is 78.9 Å². The number of rotatable bonds is 6. The predicted molar refractivity (Wildman–Crippen MR) is 135 cm³/mol. The van der Waals surface area contributed by atoms with Gasteiger partial charge >= 0.3 is 0 Å². The number of carbonyl (C=O) groups excluding carboxylic acids is 2. The van der Waals surface area contributed by atoms with Gasteiger partial charge in [0, 0.05) is 30.1 Å². The number of hydrogen-bond donors (Lipinski definition) is 1. The van der Waals surface area contributed by atoms with E-state index in [-0.39, 0.29) is 17.7 Å². The Bertz CT molecular complexity index is 1300. The minimum Gasteiger partial charge on any atom is -0.312 e. The molecule has 0 aliphatic carbocycles. The van der Waals surface area contributed by atoms with Crippen molar-refractivity contribution in [3.8, 4) is 11.1 Å². The molecular formula is C27H24N4O2S. The molecule has 4 aromatic rings. The Hall–Kier alpha value is -3.84. The first-order valence-electron chi connectivity index (χ1n) is 11.3. The lowest BCUT2D eigenvalue weighted by Gasteiger charge is -2.16. The first-order valence-corrected chi connectivity index (χ1v) is 12.1. The van der Waals surface area contributed by atoms with Gasteiger partial charge in [-0.3, -0.25) is 14.9 Å². The fourth-order valence-corrected chi connectivity index (χ4v) is 4.93. The van der Waals surface area contributed by atoms with Crippen LogP contribution in [-0.4, -0.2) is 28.6 Å². The molecule has 0 radical (unpaired) electrons. The number of aryl methyl sites for hydroxylation is 1. The molecule has 7 heteroatoms. The average Bonchev–Trinajstić information content (AvgIpc) is 3.51. The van der Waals surface area contributed by atoms with Crippen LogP contribution in [0.25, 0.3) is 11.1 Å². The number of hydrogen-bond acceptors (Lipinski definition) is 5. The molecule has 1 aliphatic rings. The van der Waals surface area contributed by atoms with Gasteiger partial charge in [0.25, 0.3) is 5.91 Å². The molecular weight excluding hydrogens is 444 g/mol. The van der Waals surface area contributed by atoms with E-state index in [4.69, 9.17) is 0 Å². The highest BCUT2D eigenvalue weighted by Gasteiger charge is 2.34. The second-order valence-electron chi connectivity index (χ2n) is 8.27. The van der Waals surface area contributed by atoms with E-state index in [0.717, 1.165) is 28.2 Å². The number of amides is 2. The SMILES string of the molecule is CCc1ccc(N2CC(c3nnc(NC(=O)c4ccc(-c5ccccc5)cc4)s3)CC2=O)cc1. The van der Waals surface area contributed by atoms with Crippen molar-refractivity contribution in [1.82, 2.24) is 10.2 Å². The molecule has 1 unspecified atom stereocenters. The third-order valence-electron chi connectivity index (χ3n) is 6.05. The van der Waals surface area contributed by atoms with E-state index < -0.39 is 0 Å². The van der Waals surface area contributed by atoms with Gasteiger partial charge in [0.05, 0.1) is 0 Å². The number of anilines is 2. The molecule has 2 amide bonds. The number of nitrogens with one attached hydrogen (secondary N) is 1. The van der Waals surface area contributed by atoms with Crippen molar-refractivity contribution < 1.29 is 9.59 Å². The average molecular weight is 469 g/mol. The summed E-state index contributed by atoms with van der Waals surface area (Å²) in [7, 11) is 0. The van der Waals surface area contributed by atoms with Crippen molar-refractivity contribution in [3.05, 3.63) is 95.0 Å². The fraction of sp³-hybridized carbons (Fsp3) is 0.185. The molecule has 3 aromatic carbocycles. The van der Waals surface area contributed by atoms with Crippen molar-refractivity contribution in [2.24, 2.45) is 0 Å². The van der Waals surface area contributed by atoms with E-state index in [2.05, 4.69) is 34.6 Å². The summed E-state index contributed by atoms with van der Waals surface area (Å²) < 4.78 is 0. The Morgan fingerprint density at radius 2 is 1.68 bits per heavy atom. The largest absolute Gasteiger partial charge is 0.312 e. The molecule has 2 heterocycles. The summed E-state index contributed by atoms with van der Waals surface area (Å²) in [5.41, 5.74) is 4.85. The van der Waals surface area contributed by atoms with Crippen molar-refractivity contribution in [2.45, 2.75) is 25.7 Å². The number of aromatic nitrogens is 2. The van der Waals surface area contributed by atoms with Gasteiger partial charge in [-0.05, 0) is 47.4 Å². The molecule has 1 aliphatic heterocycles. The van der Waals surface area contributed by atoms with Crippen LogP contribution in [0, 0.1) is 0 Å². The number of benzene rings is 3. The fourth-order valence-electron chi connectivity index (χ4n) is 4.10. The standard InChI is InChI=1S/C27H24N4O2S/c1-2-18-8-14-23(15-9-18)31-17-22(16-24(31)32)26-29-30-27(34-26)28-25(33)21-12-10-20(11-13-21)19-6-4-3-5-7-19/h3-15,22H,2,16-17H2,1H3,(H,28,30,33). The van der Waals surface area contributed by atoms with Gasteiger partial charge in [0.1, 0.15) is 5.01 Å². The molecule has 0 spiro atoms. The molecule has 0 saturated carbocycles. The summed E-state index contributed by atoms with van der Waals surface area (Å²) in [6, 6.07) is 25.6. The van der Waals surface area contributed by atoms with Crippen LogP contribution in [0.1, 0.15) is 40.2 Å². The van der Waals surface area contributed by atoms with Crippen molar-refractivity contribution in [3.63, 3.8) is 0 Å². The summed E-state index contributed by atoms with van der Waals surface area (Å²) in [6.07, 6.45) is 1.35. The number of nitrogens with zero attached hydrogens (tertiary/aromatic N) is 3. The maximum Gasteiger partial charge on any atom is 0.257 e. The van der Waals surface area contributed by atoms with Crippen LogP contribution >= 0.6 is 11.3 Å².